The number of ether oxygens (including phenoxy) is 1. The molecule has 0 aliphatic rings. The van der Waals surface area contributed by atoms with Gasteiger partial charge in [0.15, 0.2) is 0 Å². The van der Waals surface area contributed by atoms with E-state index in [0.29, 0.717) is 11.3 Å². The standard InChI is InChI=1S/C11H25NOS/c1-11(2,3)10(9-14)8-12(4)6-7-13-5/h10,14H,6-9H2,1-5H3. The van der Waals surface area contributed by atoms with E-state index in [1.54, 1.807) is 7.11 Å². The first-order valence-corrected chi connectivity index (χ1v) is 5.83. The van der Waals surface area contributed by atoms with Crippen molar-refractivity contribution in [3.05, 3.63) is 0 Å². The van der Waals surface area contributed by atoms with Gasteiger partial charge in [-0.3, -0.25) is 0 Å². The summed E-state index contributed by atoms with van der Waals surface area (Å²) in [6.07, 6.45) is 0. The van der Waals surface area contributed by atoms with Gasteiger partial charge in [-0.05, 0) is 24.1 Å². The van der Waals surface area contributed by atoms with E-state index in [9.17, 15) is 0 Å². The van der Waals surface area contributed by atoms with Gasteiger partial charge in [0.1, 0.15) is 0 Å². The molecule has 0 aromatic carbocycles. The van der Waals surface area contributed by atoms with Gasteiger partial charge in [0.25, 0.3) is 0 Å². The summed E-state index contributed by atoms with van der Waals surface area (Å²) in [5.74, 6) is 1.58. The van der Waals surface area contributed by atoms with Crippen LogP contribution in [0.5, 0.6) is 0 Å². The summed E-state index contributed by atoms with van der Waals surface area (Å²) in [6, 6.07) is 0. The lowest BCUT2D eigenvalue weighted by Crippen LogP contribution is -2.35. The van der Waals surface area contributed by atoms with Crippen molar-refractivity contribution >= 4 is 12.6 Å². The van der Waals surface area contributed by atoms with Gasteiger partial charge in [0, 0.05) is 20.2 Å². The lowest BCUT2D eigenvalue weighted by atomic mass is 9.81. The monoisotopic (exact) mass is 219 g/mol. The van der Waals surface area contributed by atoms with Crippen LogP contribution in [0.15, 0.2) is 0 Å². The van der Waals surface area contributed by atoms with Gasteiger partial charge in [0.05, 0.1) is 6.61 Å². The van der Waals surface area contributed by atoms with E-state index in [4.69, 9.17) is 4.74 Å². The first-order valence-electron chi connectivity index (χ1n) is 5.20. The normalized spacial score (nSPS) is 14.8. The van der Waals surface area contributed by atoms with Crippen molar-refractivity contribution in [3.8, 4) is 0 Å². The van der Waals surface area contributed by atoms with Crippen LogP contribution in [0.1, 0.15) is 20.8 Å². The Balaban J connectivity index is 3.93. The van der Waals surface area contributed by atoms with Crippen LogP contribution in [0.2, 0.25) is 0 Å². The van der Waals surface area contributed by atoms with Gasteiger partial charge in [-0.1, -0.05) is 20.8 Å². The number of likely N-dealkylation sites (N-methyl/N-ethyl adjacent to an activating group) is 1. The Hall–Kier alpha value is 0.270. The highest BCUT2D eigenvalue weighted by molar-refractivity contribution is 7.80. The van der Waals surface area contributed by atoms with Crippen LogP contribution in [0.4, 0.5) is 0 Å². The second-order valence-electron chi connectivity index (χ2n) is 5.00. The van der Waals surface area contributed by atoms with Gasteiger partial charge in [0.2, 0.25) is 0 Å². The smallest absolute Gasteiger partial charge is 0.0589 e. The van der Waals surface area contributed by atoms with Crippen molar-refractivity contribution in [2.75, 3.05) is 39.6 Å². The van der Waals surface area contributed by atoms with E-state index in [1.165, 1.54) is 0 Å². The van der Waals surface area contributed by atoms with Gasteiger partial charge < -0.3 is 9.64 Å². The number of rotatable bonds is 6. The van der Waals surface area contributed by atoms with Gasteiger partial charge in [-0.2, -0.15) is 12.6 Å². The number of thiol groups is 1. The minimum atomic E-state index is 0.336. The van der Waals surface area contributed by atoms with Crippen molar-refractivity contribution in [1.29, 1.82) is 0 Å². The second-order valence-corrected chi connectivity index (χ2v) is 5.37. The van der Waals surface area contributed by atoms with E-state index < -0.39 is 0 Å². The zero-order valence-electron chi connectivity index (χ0n) is 10.2. The summed E-state index contributed by atoms with van der Waals surface area (Å²) in [5.41, 5.74) is 0.336. The SMILES string of the molecule is COCCN(C)CC(CS)C(C)(C)C. The summed E-state index contributed by atoms with van der Waals surface area (Å²) in [5, 5.41) is 0. The molecule has 1 atom stereocenters. The Labute approximate surface area is 94.4 Å². The van der Waals surface area contributed by atoms with Crippen molar-refractivity contribution < 1.29 is 4.74 Å². The zero-order chi connectivity index (χ0) is 11.2. The fourth-order valence-electron chi connectivity index (χ4n) is 1.32. The maximum atomic E-state index is 5.05. The zero-order valence-corrected chi connectivity index (χ0v) is 11.1. The predicted molar refractivity (Wildman–Crippen MR) is 66.2 cm³/mol. The molecule has 0 aliphatic carbocycles. The van der Waals surface area contributed by atoms with Crippen LogP contribution in [0.25, 0.3) is 0 Å². The fourth-order valence-corrected chi connectivity index (χ4v) is 1.98. The molecule has 1 unspecified atom stereocenters. The third-order valence-corrected chi connectivity index (χ3v) is 3.10. The molecular weight excluding hydrogens is 194 g/mol. The Kier molecular flexibility index (Phi) is 6.83. The molecule has 14 heavy (non-hydrogen) atoms. The summed E-state index contributed by atoms with van der Waals surface area (Å²) >= 11 is 4.42. The van der Waals surface area contributed by atoms with E-state index in [1.807, 2.05) is 0 Å². The molecule has 0 aromatic rings. The molecule has 0 aromatic heterocycles. The third kappa shape index (κ3) is 5.89. The van der Waals surface area contributed by atoms with Crippen molar-refractivity contribution in [1.82, 2.24) is 4.90 Å². The average molecular weight is 219 g/mol. The molecule has 0 bridgehead atoms. The number of hydrogen-bond donors (Lipinski definition) is 1. The van der Waals surface area contributed by atoms with Crippen molar-refractivity contribution in [2.24, 2.45) is 11.3 Å². The molecule has 0 amide bonds. The number of nitrogens with zero attached hydrogens (tertiary/aromatic N) is 1. The topological polar surface area (TPSA) is 12.5 Å². The van der Waals surface area contributed by atoms with Crippen LogP contribution >= 0.6 is 12.6 Å². The first-order chi connectivity index (χ1) is 6.41. The molecule has 86 valence electrons. The van der Waals surface area contributed by atoms with Gasteiger partial charge in [-0.25, -0.2) is 0 Å². The van der Waals surface area contributed by atoms with E-state index in [0.717, 1.165) is 25.4 Å². The molecule has 0 heterocycles. The minimum absolute atomic E-state index is 0.336. The molecule has 3 heteroatoms. The molecule has 0 radical (unpaired) electrons. The number of methoxy groups -OCH3 is 1. The lowest BCUT2D eigenvalue weighted by Gasteiger charge is -2.32. The molecule has 0 saturated carbocycles. The Morgan fingerprint density at radius 3 is 2.29 bits per heavy atom. The highest BCUT2D eigenvalue weighted by Crippen LogP contribution is 2.27. The van der Waals surface area contributed by atoms with Gasteiger partial charge in [-0.15, -0.1) is 0 Å². The molecule has 0 saturated heterocycles. The first kappa shape index (κ1) is 14.3. The summed E-state index contributed by atoms with van der Waals surface area (Å²) in [7, 11) is 3.88. The molecule has 0 fully saturated rings. The van der Waals surface area contributed by atoms with Crippen LogP contribution in [0, 0.1) is 11.3 Å². The van der Waals surface area contributed by atoms with Crippen molar-refractivity contribution in [3.63, 3.8) is 0 Å². The largest absolute Gasteiger partial charge is 0.383 e. The molecule has 0 rings (SSSR count). The summed E-state index contributed by atoms with van der Waals surface area (Å²) < 4.78 is 5.05. The molecule has 0 spiro atoms. The van der Waals surface area contributed by atoms with E-state index >= 15 is 0 Å². The fraction of sp³-hybridized carbons (Fsp3) is 1.00. The van der Waals surface area contributed by atoms with Gasteiger partial charge >= 0.3 is 0 Å². The Morgan fingerprint density at radius 1 is 1.36 bits per heavy atom. The van der Waals surface area contributed by atoms with Crippen LogP contribution in [-0.2, 0) is 4.74 Å². The minimum Gasteiger partial charge on any atom is -0.383 e. The lowest BCUT2D eigenvalue weighted by molar-refractivity contribution is 0.133. The number of hydrogen-bond acceptors (Lipinski definition) is 3. The Bertz CT molecular complexity index is 145. The summed E-state index contributed by atoms with van der Waals surface area (Å²) in [4.78, 5) is 2.32. The third-order valence-electron chi connectivity index (χ3n) is 2.65. The predicted octanol–water partition coefficient (Wildman–Crippen LogP) is 2.16. The molecule has 2 nitrogen and oxygen atoms in total. The van der Waals surface area contributed by atoms with Crippen LogP contribution in [-0.4, -0.2) is 44.5 Å². The van der Waals surface area contributed by atoms with E-state index in [2.05, 4.69) is 45.3 Å². The second kappa shape index (κ2) is 6.70. The summed E-state index contributed by atoms with van der Waals surface area (Å²) in [6.45, 7) is 9.72. The average Bonchev–Trinajstić information content (AvgIpc) is 2.08. The highest BCUT2D eigenvalue weighted by Gasteiger charge is 2.24. The van der Waals surface area contributed by atoms with Crippen LogP contribution < -0.4 is 0 Å². The highest BCUT2D eigenvalue weighted by atomic mass is 32.1. The van der Waals surface area contributed by atoms with Crippen molar-refractivity contribution in [2.45, 2.75) is 20.8 Å². The molecule has 0 N–H and O–H groups in total. The quantitative estimate of drug-likeness (QED) is 0.687. The maximum absolute atomic E-state index is 5.05. The molecular formula is C11H25NOS. The maximum Gasteiger partial charge on any atom is 0.0589 e. The molecule has 0 aliphatic heterocycles. The van der Waals surface area contributed by atoms with Crippen LogP contribution in [0.3, 0.4) is 0 Å². The Morgan fingerprint density at radius 2 is 1.93 bits per heavy atom. The van der Waals surface area contributed by atoms with E-state index in [-0.39, 0.29) is 0 Å².